The second kappa shape index (κ2) is 3.69. The fourth-order valence-electron chi connectivity index (χ4n) is 0.436. The van der Waals surface area contributed by atoms with Crippen LogP contribution in [0, 0.1) is 5.92 Å². The third-order valence-corrected chi connectivity index (χ3v) is 0.974. The highest BCUT2D eigenvalue weighted by Gasteiger charge is 2.08. The molecule has 10 heavy (non-hydrogen) atoms. The first-order valence-corrected chi connectivity index (χ1v) is 2.87. The van der Waals surface area contributed by atoms with Crippen LogP contribution in [-0.4, -0.2) is 5.78 Å². The number of hydrogen-bond donors (Lipinski definition) is 0. The maximum absolute atomic E-state index is 10.9. The molecule has 0 N–H and O–H groups in total. The van der Waals surface area contributed by atoms with E-state index in [9.17, 15) is 4.79 Å². The predicted octanol–water partition coefficient (Wildman–Crippen LogP) is 2.04. The third kappa shape index (κ3) is 2.33. The largest absolute Gasteiger partial charge is 0.294 e. The van der Waals surface area contributed by atoms with Crippen molar-refractivity contribution in [3.63, 3.8) is 0 Å². The Hall–Kier alpha value is -1.28. The van der Waals surface area contributed by atoms with E-state index < -0.39 is 0 Å². The molecule has 0 aliphatic heterocycles. The number of carbonyl (C=O) groups is 1. The lowest BCUT2D eigenvalue weighted by Crippen LogP contribution is -2.07. The predicted molar refractivity (Wildman–Crippen MR) is 38.1 cm³/mol. The number of ketones is 1. The summed E-state index contributed by atoms with van der Waals surface area (Å²) in [6.45, 7) is 6.74. The van der Waals surface area contributed by atoms with Gasteiger partial charge in [-0.15, -0.1) is 0 Å². The Morgan fingerprint density at radius 2 is 2.20 bits per heavy atom. The highest BCUT2D eigenvalue weighted by Crippen LogP contribution is 2.04. The maximum atomic E-state index is 10.9. The lowest BCUT2D eigenvalue weighted by Gasteiger charge is -1.99. The summed E-state index contributed by atoms with van der Waals surface area (Å²) in [5.41, 5.74) is 7.90. The van der Waals surface area contributed by atoms with E-state index in [1.165, 1.54) is 0 Å². The Labute approximate surface area is 59.2 Å². The van der Waals surface area contributed by atoms with Crippen molar-refractivity contribution < 1.29 is 4.79 Å². The summed E-state index contributed by atoms with van der Waals surface area (Å²) in [6.07, 6.45) is 0. The first kappa shape index (κ1) is 8.72. The van der Waals surface area contributed by atoms with Crippen molar-refractivity contribution in [3.05, 3.63) is 22.7 Å². The number of hydrogen-bond acceptors (Lipinski definition) is 2. The van der Waals surface area contributed by atoms with Crippen LogP contribution in [0.5, 0.6) is 0 Å². The van der Waals surface area contributed by atoms with E-state index >= 15 is 0 Å². The number of carbonyl (C=O) groups excluding carboxylic acids is 1. The van der Waals surface area contributed by atoms with Crippen LogP contribution in [0.1, 0.15) is 13.8 Å². The molecule has 0 radical (unpaired) electrons. The van der Waals surface area contributed by atoms with Crippen LogP contribution in [0.4, 0.5) is 0 Å². The zero-order chi connectivity index (χ0) is 8.15. The number of azide groups is 1. The lowest BCUT2D eigenvalue weighted by atomic mass is 10.1. The van der Waals surface area contributed by atoms with Gasteiger partial charge in [-0.25, -0.2) is 0 Å². The highest BCUT2D eigenvalue weighted by atomic mass is 16.1. The minimum atomic E-state index is -0.210. The molecule has 0 aliphatic carbocycles. The van der Waals surface area contributed by atoms with Crippen molar-refractivity contribution in [1.82, 2.24) is 0 Å². The SMILES string of the molecule is C=C(N=[N+]=[N-])C(=O)C(C)C. The third-order valence-electron chi connectivity index (χ3n) is 0.974. The summed E-state index contributed by atoms with van der Waals surface area (Å²) < 4.78 is 0. The molecule has 4 heteroatoms. The molecule has 0 aliphatic rings. The topological polar surface area (TPSA) is 65.8 Å². The van der Waals surface area contributed by atoms with E-state index in [0.29, 0.717) is 0 Å². The molecule has 0 unspecified atom stereocenters. The number of rotatable bonds is 3. The van der Waals surface area contributed by atoms with Crippen LogP contribution in [-0.2, 0) is 4.79 Å². The minimum absolute atomic E-state index is 0.0162. The summed E-state index contributed by atoms with van der Waals surface area (Å²) in [5, 5.41) is 3.08. The van der Waals surface area contributed by atoms with Crippen LogP contribution < -0.4 is 0 Å². The van der Waals surface area contributed by atoms with Crippen molar-refractivity contribution in [1.29, 1.82) is 0 Å². The first-order valence-electron chi connectivity index (χ1n) is 2.87. The Morgan fingerprint density at radius 3 is 2.50 bits per heavy atom. The zero-order valence-corrected chi connectivity index (χ0v) is 6.03. The summed E-state index contributed by atoms with van der Waals surface area (Å²) >= 11 is 0. The molecule has 54 valence electrons. The molecule has 0 bridgehead atoms. The van der Waals surface area contributed by atoms with E-state index in [2.05, 4.69) is 16.6 Å². The molecule has 0 spiro atoms. The van der Waals surface area contributed by atoms with E-state index in [-0.39, 0.29) is 17.4 Å². The van der Waals surface area contributed by atoms with Crippen molar-refractivity contribution in [2.45, 2.75) is 13.8 Å². The van der Waals surface area contributed by atoms with Gasteiger partial charge >= 0.3 is 0 Å². The molecule has 0 saturated carbocycles. The number of allylic oxidation sites excluding steroid dienone is 1. The number of nitrogens with zero attached hydrogens (tertiary/aromatic N) is 3. The molecule has 4 nitrogen and oxygen atoms in total. The van der Waals surface area contributed by atoms with Crippen molar-refractivity contribution in [2.24, 2.45) is 11.0 Å². The molecule has 0 amide bonds. The molecule has 0 rings (SSSR count). The lowest BCUT2D eigenvalue weighted by molar-refractivity contribution is -0.118. The second-order valence-electron chi connectivity index (χ2n) is 2.16. The van der Waals surface area contributed by atoms with Gasteiger partial charge in [-0.1, -0.05) is 25.5 Å². The highest BCUT2D eigenvalue weighted by molar-refractivity contribution is 5.95. The fourth-order valence-corrected chi connectivity index (χ4v) is 0.436. The molecule has 0 fully saturated rings. The minimum Gasteiger partial charge on any atom is -0.294 e. The Bertz CT molecular complexity index is 201. The van der Waals surface area contributed by atoms with E-state index in [0.717, 1.165) is 0 Å². The quantitative estimate of drug-likeness (QED) is 0.255. The fraction of sp³-hybridized carbons (Fsp3) is 0.500. The summed E-state index contributed by atoms with van der Waals surface area (Å²) in [5.74, 6) is -0.365. The van der Waals surface area contributed by atoms with Crippen LogP contribution in [0.25, 0.3) is 10.4 Å². The standard InChI is InChI=1S/C6H9N3O/c1-4(2)6(10)5(3)8-9-7/h4H,3H2,1-2H3. The van der Waals surface area contributed by atoms with E-state index in [1.54, 1.807) is 13.8 Å². The van der Waals surface area contributed by atoms with Crippen molar-refractivity contribution in [2.75, 3.05) is 0 Å². The smallest absolute Gasteiger partial charge is 0.167 e. The van der Waals surface area contributed by atoms with Gasteiger partial charge in [0.25, 0.3) is 0 Å². The average Bonchev–Trinajstić information content (AvgIpc) is 1.87. The molecule has 0 atom stereocenters. The maximum Gasteiger partial charge on any atom is 0.167 e. The zero-order valence-electron chi connectivity index (χ0n) is 6.03. The normalized spacial score (nSPS) is 8.70. The van der Waals surface area contributed by atoms with Gasteiger partial charge in [-0.3, -0.25) is 4.79 Å². The first-order chi connectivity index (χ1) is 4.59. The van der Waals surface area contributed by atoms with Gasteiger partial charge in [0, 0.05) is 10.8 Å². The summed E-state index contributed by atoms with van der Waals surface area (Å²) in [7, 11) is 0. The van der Waals surface area contributed by atoms with E-state index in [1.807, 2.05) is 0 Å². The van der Waals surface area contributed by atoms with Gasteiger partial charge in [-0.2, -0.15) is 0 Å². The van der Waals surface area contributed by atoms with Crippen LogP contribution in [0.2, 0.25) is 0 Å². The second-order valence-corrected chi connectivity index (χ2v) is 2.16. The molecular weight excluding hydrogens is 130 g/mol. The molecule has 0 aromatic carbocycles. The number of Topliss-reactive ketones (excluding diaryl/α,β-unsaturated/α-hetero) is 1. The summed E-state index contributed by atoms with van der Waals surface area (Å²) in [4.78, 5) is 13.3. The molecule has 0 saturated heterocycles. The Morgan fingerprint density at radius 1 is 1.70 bits per heavy atom. The molecule has 0 aromatic heterocycles. The summed E-state index contributed by atoms with van der Waals surface area (Å²) in [6, 6.07) is 0. The Balaban J connectivity index is 4.23. The monoisotopic (exact) mass is 139 g/mol. The molecular formula is C6H9N3O. The van der Waals surface area contributed by atoms with Gasteiger partial charge in [-0.05, 0) is 5.53 Å². The van der Waals surface area contributed by atoms with Crippen LogP contribution >= 0.6 is 0 Å². The van der Waals surface area contributed by atoms with Crippen molar-refractivity contribution in [3.8, 4) is 0 Å². The van der Waals surface area contributed by atoms with Gasteiger partial charge < -0.3 is 0 Å². The van der Waals surface area contributed by atoms with Gasteiger partial charge in [0.1, 0.15) is 0 Å². The van der Waals surface area contributed by atoms with Crippen LogP contribution in [0.3, 0.4) is 0 Å². The van der Waals surface area contributed by atoms with Gasteiger partial charge in [0.15, 0.2) is 5.78 Å². The average molecular weight is 139 g/mol. The van der Waals surface area contributed by atoms with Crippen LogP contribution in [0.15, 0.2) is 17.4 Å². The van der Waals surface area contributed by atoms with Gasteiger partial charge in [0.05, 0.1) is 5.70 Å². The molecule has 0 aromatic rings. The molecule has 0 heterocycles. The van der Waals surface area contributed by atoms with Crippen molar-refractivity contribution >= 4 is 5.78 Å². The van der Waals surface area contributed by atoms with Gasteiger partial charge in [0.2, 0.25) is 0 Å². The van der Waals surface area contributed by atoms with E-state index in [4.69, 9.17) is 5.53 Å². The Kier molecular flexibility index (Phi) is 3.22.